The van der Waals surface area contributed by atoms with Crippen molar-refractivity contribution in [2.45, 2.75) is 38.5 Å². The van der Waals surface area contributed by atoms with E-state index in [-0.39, 0.29) is 11.9 Å². The van der Waals surface area contributed by atoms with Gasteiger partial charge in [-0.1, -0.05) is 72.8 Å². The van der Waals surface area contributed by atoms with E-state index in [0.717, 1.165) is 24.2 Å². The van der Waals surface area contributed by atoms with E-state index >= 15 is 0 Å². The molecule has 3 aromatic rings. The number of rotatable bonds is 9. The third kappa shape index (κ3) is 6.47. The average Bonchev–Trinajstić information content (AvgIpc) is 2.77. The summed E-state index contributed by atoms with van der Waals surface area (Å²) in [4.78, 5) is 12.2. The lowest BCUT2D eigenvalue weighted by Crippen LogP contribution is -2.36. The second-order valence-corrected chi connectivity index (χ2v) is 7.18. The van der Waals surface area contributed by atoms with Crippen molar-refractivity contribution >= 4 is 5.91 Å². The van der Waals surface area contributed by atoms with E-state index in [9.17, 15) is 9.90 Å². The topological polar surface area (TPSA) is 58.6 Å². The van der Waals surface area contributed by atoms with Crippen LogP contribution in [0.3, 0.4) is 0 Å². The highest BCUT2D eigenvalue weighted by atomic mass is 16.5. The Morgan fingerprint density at radius 1 is 0.897 bits per heavy atom. The third-order valence-corrected chi connectivity index (χ3v) is 4.79. The lowest BCUT2D eigenvalue weighted by atomic mass is 10.0. The highest BCUT2D eigenvalue weighted by Gasteiger charge is 2.18. The number of aliphatic hydroxyl groups is 1. The first-order valence-corrected chi connectivity index (χ1v) is 9.91. The Kier molecular flexibility index (Phi) is 7.42. The summed E-state index contributed by atoms with van der Waals surface area (Å²) in [6, 6.07) is 27.0. The second kappa shape index (κ2) is 10.4. The molecule has 2 N–H and O–H groups in total. The van der Waals surface area contributed by atoms with Gasteiger partial charge in [0.15, 0.2) is 6.10 Å². The number of aliphatic hydroxyl groups excluding tert-OH is 1. The summed E-state index contributed by atoms with van der Waals surface area (Å²) in [6.45, 7) is 2.50. The molecule has 0 spiro atoms. The molecule has 4 nitrogen and oxygen atoms in total. The van der Waals surface area contributed by atoms with E-state index < -0.39 is 6.10 Å². The SMILES string of the molecule is C[C@H](CCc1ccc(OCc2ccccc2)cc1)NC(=O)[C@@H](O)c1ccccc1. The highest BCUT2D eigenvalue weighted by Crippen LogP contribution is 2.16. The molecule has 0 saturated carbocycles. The number of hydrogen-bond donors (Lipinski definition) is 2. The van der Waals surface area contributed by atoms with Crippen molar-refractivity contribution in [1.82, 2.24) is 5.32 Å². The molecule has 0 unspecified atom stereocenters. The monoisotopic (exact) mass is 389 g/mol. The first kappa shape index (κ1) is 20.6. The molecule has 1 amide bonds. The Morgan fingerprint density at radius 3 is 2.17 bits per heavy atom. The molecule has 3 rings (SSSR count). The summed E-state index contributed by atoms with van der Waals surface area (Å²) >= 11 is 0. The minimum absolute atomic E-state index is 0.0325. The predicted molar refractivity (Wildman–Crippen MR) is 115 cm³/mol. The molecular weight excluding hydrogens is 362 g/mol. The van der Waals surface area contributed by atoms with Crippen LogP contribution in [-0.4, -0.2) is 17.1 Å². The molecular formula is C25H27NO3. The molecule has 2 atom stereocenters. The lowest BCUT2D eigenvalue weighted by Gasteiger charge is -2.17. The summed E-state index contributed by atoms with van der Waals surface area (Å²) in [5.74, 6) is 0.471. The summed E-state index contributed by atoms with van der Waals surface area (Å²) < 4.78 is 5.81. The van der Waals surface area contributed by atoms with Crippen LogP contribution in [0.5, 0.6) is 5.75 Å². The third-order valence-electron chi connectivity index (χ3n) is 4.79. The van der Waals surface area contributed by atoms with Crippen molar-refractivity contribution in [3.63, 3.8) is 0 Å². The van der Waals surface area contributed by atoms with E-state index in [2.05, 4.69) is 5.32 Å². The zero-order valence-electron chi connectivity index (χ0n) is 16.6. The van der Waals surface area contributed by atoms with Crippen LogP contribution in [0.25, 0.3) is 0 Å². The number of benzene rings is 3. The van der Waals surface area contributed by atoms with Gasteiger partial charge in [0.1, 0.15) is 12.4 Å². The Bertz CT molecular complexity index is 879. The van der Waals surface area contributed by atoms with Gasteiger partial charge < -0.3 is 15.2 Å². The number of nitrogens with one attached hydrogen (secondary N) is 1. The molecule has 150 valence electrons. The van der Waals surface area contributed by atoms with Crippen LogP contribution in [0.1, 0.15) is 36.1 Å². The highest BCUT2D eigenvalue weighted by molar-refractivity contribution is 5.82. The molecule has 0 saturated heterocycles. The fraction of sp³-hybridized carbons (Fsp3) is 0.240. The Morgan fingerprint density at radius 2 is 1.52 bits per heavy atom. The van der Waals surface area contributed by atoms with Gasteiger partial charge in [0.2, 0.25) is 0 Å². The van der Waals surface area contributed by atoms with Gasteiger partial charge in [-0.25, -0.2) is 0 Å². The van der Waals surface area contributed by atoms with E-state index in [1.165, 1.54) is 5.56 Å². The standard InChI is InChI=1S/C25H27NO3/c1-19(26-25(28)24(27)22-10-6-3-7-11-22)12-13-20-14-16-23(17-15-20)29-18-21-8-4-2-5-9-21/h2-11,14-17,19,24,27H,12-13,18H2,1H3,(H,26,28)/t19-,24+/m1/s1. The molecule has 0 aliphatic carbocycles. The van der Waals surface area contributed by atoms with Crippen LogP contribution in [-0.2, 0) is 17.8 Å². The van der Waals surface area contributed by atoms with Crippen molar-refractivity contribution in [2.24, 2.45) is 0 Å². The molecule has 4 heteroatoms. The molecule has 29 heavy (non-hydrogen) atoms. The zero-order valence-corrected chi connectivity index (χ0v) is 16.6. The predicted octanol–water partition coefficient (Wildman–Crippen LogP) is 4.44. The van der Waals surface area contributed by atoms with Gasteiger partial charge in [-0.3, -0.25) is 4.79 Å². The number of hydrogen-bond acceptors (Lipinski definition) is 3. The van der Waals surface area contributed by atoms with Gasteiger partial charge in [-0.15, -0.1) is 0 Å². The van der Waals surface area contributed by atoms with Gasteiger partial charge in [0.05, 0.1) is 0 Å². The number of carbonyl (C=O) groups excluding carboxylic acids is 1. The Balaban J connectivity index is 1.42. The number of aryl methyl sites for hydroxylation is 1. The van der Waals surface area contributed by atoms with Gasteiger partial charge >= 0.3 is 0 Å². The molecule has 0 aromatic heterocycles. The van der Waals surface area contributed by atoms with Crippen LogP contribution in [0.2, 0.25) is 0 Å². The molecule has 3 aromatic carbocycles. The number of carbonyl (C=O) groups is 1. The summed E-state index contributed by atoms with van der Waals surface area (Å²) in [6.07, 6.45) is 0.485. The van der Waals surface area contributed by atoms with Crippen molar-refractivity contribution in [3.8, 4) is 5.75 Å². The summed E-state index contributed by atoms with van der Waals surface area (Å²) in [5, 5.41) is 13.0. The van der Waals surface area contributed by atoms with Gasteiger partial charge in [-0.2, -0.15) is 0 Å². The van der Waals surface area contributed by atoms with Crippen LogP contribution in [0.4, 0.5) is 0 Å². The number of amides is 1. The molecule has 0 radical (unpaired) electrons. The van der Waals surface area contributed by atoms with E-state index in [1.54, 1.807) is 12.1 Å². The summed E-state index contributed by atoms with van der Waals surface area (Å²) in [5.41, 5.74) is 2.92. The maximum absolute atomic E-state index is 12.2. The quantitative estimate of drug-likeness (QED) is 0.569. The molecule has 0 aliphatic heterocycles. The van der Waals surface area contributed by atoms with Crippen molar-refractivity contribution in [3.05, 3.63) is 102 Å². The maximum Gasteiger partial charge on any atom is 0.253 e. The fourth-order valence-electron chi connectivity index (χ4n) is 3.06. The Hall–Kier alpha value is -3.11. The second-order valence-electron chi connectivity index (χ2n) is 7.18. The van der Waals surface area contributed by atoms with Gasteiger partial charge in [0, 0.05) is 6.04 Å². The first-order chi connectivity index (χ1) is 14.1. The average molecular weight is 389 g/mol. The van der Waals surface area contributed by atoms with Crippen molar-refractivity contribution in [1.29, 1.82) is 0 Å². The smallest absolute Gasteiger partial charge is 0.253 e. The fourth-order valence-corrected chi connectivity index (χ4v) is 3.06. The minimum Gasteiger partial charge on any atom is -0.489 e. The summed E-state index contributed by atoms with van der Waals surface area (Å²) in [7, 11) is 0. The largest absolute Gasteiger partial charge is 0.489 e. The molecule has 0 fully saturated rings. The van der Waals surface area contributed by atoms with Gasteiger partial charge in [-0.05, 0) is 48.6 Å². The molecule has 0 heterocycles. The van der Waals surface area contributed by atoms with E-state index in [1.807, 2.05) is 79.7 Å². The zero-order chi connectivity index (χ0) is 20.5. The van der Waals surface area contributed by atoms with E-state index in [0.29, 0.717) is 12.2 Å². The maximum atomic E-state index is 12.2. The van der Waals surface area contributed by atoms with E-state index in [4.69, 9.17) is 4.74 Å². The van der Waals surface area contributed by atoms with Crippen molar-refractivity contribution < 1.29 is 14.6 Å². The Labute approximate surface area is 172 Å². The van der Waals surface area contributed by atoms with Crippen LogP contribution in [0, 0.1) is 0 Å². The first-order valence-electron chi connectivity index (χ1n) is 9.91. The van der Waals surface area contributed by atoms with Crippen LogP contribution < -0.4 is 10.1 Å². The number of ether oxygens (including phenoxy) is 1. The molecule has 0 aliphatic rings. The lowest BCUT2D eigenvalue weighted by molar-refractivity contribution is -0.130. The van der Waals surface area contributed by atoms with Crippen molar-refractivity contribution in [2.75, 3.05) is 0 Å². The van der Waals surface area contributed by atoms with Crippen LogP contribution >= 0.6 is 0 Å². The normalized spacial score (nSPS) is 12.8. The van der Waals surface area contributed by atoms with Gasteiger partial charge in [0.25, 0.3) is 5.91 Å². The minimum atomic E-state index is -1.14. The van der Waals surface area contributed by atoms with Crippen LogP contribution in [0.15, 0.2) is 84.9 Å². The molecule has 0 bridgehead atoms.